The Bertz CT molecular complexity index is 425. The molecule has 1 aromatic heterocycles. The third kappa shape index (κ3) is 1.85. The van der Waals surface area contributed by atoms with Crippen molar-refractivity contribution in [1.29, 1.82) is 5.26 Å². The van der Waals surface area contributed by atoms with Crippen LogP contribution in [0.15, 0.2) is 12.1 Å². The minimum Gasteiger partial charge on any atom is -0.351 e. The highest BCUT2D eigenvalue weighted by atomic mass is 19.1. The van der Waals surface area contributed by atoms with Gasteiger partial charge in [-0.05, 0) is 31.9 Å². The van der Waals surface area contributed by atoms with Crippen LogP contribution in [-0.2, 0) is 0 Å². The lowest BCUT2D eigenvalue weighted by Crippen LogP contribution is -2.31. The van der Waals surface area contributed by atoms with E-state index < -0.39 is 0 Å². The molecule has 1 fully saturated rings. The number of nitrogens with zero attached hydrogens (tertiary/aromatic N) is 3. The number of hydrogen-bond donors (Lipinski definition) is 0. The number of nitriles is 1. The number of alkyl halides is 1. The number of hydrogen-bond acceptors (Lipinski definition) is 3. The van der Waals surface area contributed by atoms with Crippen molar-refractivity contribution >= 4 is 5.82 Å². The smallest absolute Gasteiger partial charge is 0.129 e. The Hall–Kier alpha value is -1.63. The molecule has 0 radical (unpaired) electrons. The zero-order valence-electron chi connectivity index (χ0n) is 9.28. The molecule has 1 atom stereocenters. The summed E-state index contributed by atoms with van der Waals surface area (Å²) in [5, 5.41) is 8.81. The first-order chi connectivity index (χ1) is 7.76. The van der Waals surface area contributed by atoms with Crippen LogP contribution in [0.25, 0.3) is 0 Å². The van der Waals surface area contributed by atoms with Gasteiger partial charge < -0.3 is 4.90 Å². The third-order valence-corrected chi connectivity index (χ3v) is 3.04. The molecule has 0 spiro atoms. The molecular formula is C12H14FN3. The second-order valence-electron chi connectivity index (χ2n) is 4.06. The summed E-state index contributed by atoms with van der Waals surface area (Å²) in [4.78, 5) is 6.36. The van der Waals surface area contributed by atoms with Crippen molar-refractivity contribution in [3.63, 3.8) is 0 Å². The summed E-state index contributed by atoms with van der Waals surface area (Å²) >= 11 is 0. The predicted molar refractivity (Wildman–Crippen MR) is 60.0 cm³/mol. The molecule has 0 bridgehead atoms. The summed E-state index contributed by atoms with van der Waals surface area (Å²) in [6, 6.07) is 5.60. The average molecular weight is 219 g/mol. The molecule has 4 heteroatoms. The lowest BCUT2D eigenvalue weighted by molar-refractivity contribution is 0.427. The lowest BCUT2D eigenvalue weighted by Gasteiger charge is -2.23. The van der Waals surface area contributed by atoms with E-state index in [1.54, 1.807) is 12.1 Å². The summed E-state index contributed by atoms with van der Waals surface area (Å²) in [6.07, 6.45) is 1.90. The first-order valence-electron chi connectivity index (χ1n) is 5.46. The van der Waals surface area contributed by atoms with Gasteiger partial charge in [-0.25, -0.2) is 9.37 Å². The molecule has 0 amide bonds. The number of halogens is 1. The van der Waals surface area contributed by atoms with Gasteiger partial charge in [0.2, 0.25) is 0 Å². The molecule has 0 aliphatic carbocycles. The summed E-state index contributed by atoms with van der Waals surface area (Å²) in [5.74, 6) is 0.789. The van der Waals surface area contributed by atoms with Gasteiger partial charge >= 0.3 is 0 Å². The molecule has 1 aliphatic rings. The Morgan fingerprint density at radius 2 is 2.44 bits per heavy atom. The zero-order chi connectivity index (χ0) is 11.5. The fourth-order valence-corrected chi connectivity index (χ4v) is 2.12. The van der Waals surface area contributed by atoms with E-state index in [0.29, 0.717) is 11.3 Å². The van der Waals surface area contributed by atoms with Gasteiger partial charge in [-0.2, -0.15) is 5.26 Å². The molecule has 3 nitrogen and oxygen atoms in total. The Balaban J connectivity index is 2.28. The summed E-state index contributed by atoms with van der Waals surface area (Å²) in [5.41, 5.74) is 1.30. The van der Waals surface area contributed by atoms with Crippen LogP contribution in [0.2, 0.25) is 0 Å². The molecule has 0 N–H and O–H groups in total. The van der Waals surface area contributed by atoms with E-state index in [-0.39, 0.29) is 12.7 Å². The van der Waals surface area contributed by atoms with Crippen molar-refractivity contribution in [2.75, 3.05) is 18.1 Å². The number of aromatic nitrogens is 1. The summed E-state index contributed by atoms with van der Waals surface area (Å²) in [7, 11) is 0. The van der Waals surface area contributed by atoms with Crippen molar-refractivity contribution in [2.24, 2.45) is 0 Å². The van der Waals surface area contributed by atoms with E-state index in [4.69, 9.17) is 5.26 Å². The maximum atomic E-state index is 12.8. The van der Waals surface area contributed by atoms with Crippen LogP contribution in [0, 0.1) is 18.3 Å². The monoisotopic (exact) mass is 219 g/mol. The van der Waals surface area contributed by atoms with E-state index in [9.17, 15) is 4.39 Å². The lowest BCUT2D eigenvalue weighted by atomic mass is 10.2. The van der Waals surface area contributed by atoms with Gasteiger partial charge in [0.25, 0.3) is 0 Å². The Labute approximate surface area is 94.5 Å². The van der Waals surface area contributed by atoms with Crippen molar-refractivity contribution in [3.8, 4) is 6.07 Å². The Morgan fingerprint density at radius 3 is 3.06 bits per heavy atom. The van der Waals surface area contributed by atoms with Crippen molar-refractivity contribution in [2.45, 2.75) is 25.8 Å². The van der Waals surface area contributed by atoms with E-state index >= 15 is 0 Å². The van der Waals surface area contributed by atoms with Crippen molar-refractivity contribution in [3.05, 3.63) is 23.4 Å². The number of rotatable bonds is 2. The topological polar surface area (TPSA) is 39.9 Å². The highest BCUT2D eigenvalue weighted by molar-refractivity contribution is 5.46. The van der Waals surface area contributed by atoms with Crippen molar-refractivity contribution < 1.29 is 4.39 Å². The fraction of sp³-hybridized carbons (Fsp3) is 0.500. The minimum absolute atomic E-state index is 0.0418. The van der Waals surface area contributed by atoms with E-state index in [0.717, 1.165) is 25.2 Å². The molecule has 0 saturated carbocycles. The van der Waals surface area contributed by atoms with Crippen LogP contribution >= 0.6 is 0 Å². The van der Waals surface area contributed by atoms with Gasteiger partial charge in [-0.15, -0.1) is 0 Å². The highest BCUT2D eigenvalue weighted by Gasteiger charge is 2.25. The standard InChI is InChI=1S/C12H14FN3/c1-9-10(8-14)4-5-12(15-9)16-6-2-3-11(16)7-13/h4-5,11H,2-3,6-7H2,1H3/t11-/m1/s1. The number of anilines is 1. The second-order valence-corrected chi connectivity index (χ2v) is 4.06. The highest BCUT2D eigenvalue weighted by Crippen LogP contribution is 2.24. The molecule has 1 aromatic rings. The molecule has 84 valence electrons. The quantitative estimate of drug-likeness (QED) is 0.765. The first kappa shape index (κ1) is 10.9. The Kier molecular flexibility index (Phi) is 3.04. The Morgan fingerprint density at radius 1 is 1.62 bits per heavy atom. The van der Waals surface area contributed by atoms with Gasteiger partial charge in [-0.3, -0.25) is 0 Å². The summed E-state index contributed by atoms with van der Waals surface area (Å²) < 4.78 is 12.8. The van der Waals surface area contributed by atoms with Crippen LogP contribution in [0.4, 0.5) is 10.2 Å². The predicted octanol–water partition coefficient (Wildman–Crippen LogP) is 2.20. The van der Waals surface area contributed by atoms with E-state index in [1.165, 1.54) is 0 Å². The fourth-order valence-electron chi connectivity index (χ4n) is 2.12. The second kappa shape index (κ2) is 4.48. The van der Waals surface area contributed by atoms with Gasteiger partial charge in [0, 0.05) is 6.54 Å². The molecule has 16 heavy (non-hydrogen) atoms. The van der Waals surface area contributed by atoms with Gasteiger partial charge in [-0.1, -0.05) is 0 Å². The van der Waals surface area contributed by atoms with Crippen molar-refractivity contribution in [1.82, 2.24) is 4.98 Å². The van der Waals surface area contributed by atoms with Crippen LogP contribution in [0.3, 0.4) is 0 Å². The normalized spacial score (nSPS) is 19.8. The third-order valence-electron chi connectivity index (χ3n) is 3.04. The maximum absolute atomic E-state index is 12.8. The van der Waals surface area contributed by atoms with Gasteiger partial charge in [0.05, 0.1) is 17.3 Å². The SMILES string of the molecule is Cc1nc(N2CCC[C@@H]2CF)ccc1C#N. The minimum atomic E-state index is -0.333. The molecule has 0 unspecified atom stereocenters. The average Bonchev–Trinajstić information content (AvgIpc) is 2.77. The molecule has 2 heterocycles. The molecule has 2 rings (SSSR count). The molecule has 0 aromatic carbocycles. The van der Waals surface area contributed by atoms with Gasteiger partial charge in [0.15, 0.2) is 0 Å². The molecular weight excluding hydrogens is 205 g/mol. The van der Waals surface area contributed by atoms with Crippen LogP contribution in [0.5, 0.6) is 0 Å². The largest absolute Gasteiger partial charge is 0.351 e. The maximum Gasteiger partial charge on any atom is 0.129 e. The van der Waals surface area contributed by atoms with E-state index in [2.05, 4.69) is 11.1 Å². The first-order valence-corrected chi connectivity index (χ1v) is 5.46. The summed E-state index contributed by atoms with van der Waals surface area (Å²) in [6.45, 7) is 2.33. The van der Waals surface area contributed by atoms with E-state index in [1.807, 2.05) is 11.8 Å². The van der Waals surface area contributed by atoms with Gasteiger partial charge in [0.1, 0.15) is 18.6 Å². The molecule has 1 aliphatic heterocycles. The molecule has 1 saturated heterocycles. The number of aryl methyl sites for hydroxylation is 1. The van der Waals surface area contributed by atoms with Crippen LogP contribution in [-0.4, -0.2) is 24.2 Å². The number of pyridine rings is 1. The zero-order valence-corrected chi connectivity index (χ0v) is 9.28. The van der Waals surface area contributed by atoms with Crippen LogP contribution < -0.4 is 4.90 Å². The van der Waals surface area contributed by atoms with Crippen LogP contribution in [0.1, 0.15) is 24.1 Å².